The Balaban J connectivity index is 2.05. The molecular weight excluding hydrogens is 186 g/mol. The molecule has 1 aromatic carbocycles. The highest BCUT2D eigenvalue weighted by Gasteiger charge is 1.99. The molecule has 15 heavy (non-hydrogen) atoms. The maximum absolute atomic E-state index is 4.33. The van der Waals surface area contributed by atoms with Crippen molar-refractivity contribution in [2.75, 3.05) is 7.05 Å². The summed E-state index contributed by atoms with van der Waals surface area (Å²) in [5.74, 6) is 0. The van der Waals surface area contributed by atoms with E-state index in [4.69, 9.17) is 0 Å². The fraction of sp³-hybridized carbons (Fsp3) is 0.250. The van der Waals surface area contributed by atoms with Gasteiger partial charge in [0.1, 0.15) is 6.54 Å². The van der Waals surface area contributed by atoms with Gasteiger partial charge in [0, 0.05) is 11.8 Å². The van der Waals surface area contributed by atoms with E-state index < -0.39 is 0 Å². The van der Waals surface area contributed by atoms with Crippen molar-refractivity contribution in [2.45, 2.75) is 13.1 Å². The van der Waals surface area contributed by atoms with Gasteiger partial charge in [0.05, 0.1) is 19.8 Å². The lowest BCUT2D eigenvalue weighted by Gasteiger charge is -2.00. The molecule has 0 unspecified atom stereocenters. The van der Waals surface area contributed by atoms with E-state index in [1.807, 2.05) is 16.9 Å². The van der Waals surface area contributed by atoms with Gasteiger partial charge in [-0.1, -0.05) is 30.3 Å². The number of nitrogens with two attached hydrogens (primary N) is 1. The number of aromatic nitrogens is 2. The highest BCUT2D eigenvalue weighted by molar-refractivity contribution is 5.15. The van der Waals surface area contributed by atoms with Crippen LogP contribution in [0.1, 0.15) is 11.1 Å². The molecule has 0 saturated carbocycles. The second-order valence-corrected chi connectivity index (χ2v) is 3.64. The molecule has 0 bridgehead atoms. The summed E-state index contributed by atoms with van der Waals surface area (Å²) in [6.07, 6.45) is 4.04. The van der Waals surface area contributed by atoms with Crippen molar-refractivity contribution >= 4 is 0 Å². The first-order valence-electron chi connectivity index (χ1n) is 5.21. The molecule has 2 aromatic rings. The Morgan fingerprint density at radius 1 is 1.20 bits per heavy atom. The Morgan fingerprint density at radius 3 is 2.73 bits per heavy atom. The summed E-state index contributed by atoms with van der Waals surface area (Å²) in [6.45, 7) is 1.85. The largest absolute Gasteiger partial charge is 0.345 e. The fourth-order valence-electron chi connectivity index (χ4n) is 1.60. The normalized spacial score (nSPS) is 10.5. The van der Waals surface area contributed by atoms with Gasteiger partial charge < -0.3 is 5.32 Å². The first-order chi connectivity index (χ1) is 7.38. The number of rotatable bonds is 4. The highest BCUT2D eigenvalue weighted by Crippen LogP contribution is 2.02. The third kappa shape index (κ3) is 2.67. The standard InChI is InChI=1S/C12H15N3/c1-13-7-12-8-14-15(10-12)9-11-5-3-2-4-6-11/h2-6,8,10,13H,7,9H2,1H3/p+1. The van der Waals surface area contributed by atoms with Crippen LogP contribution < -0.4 is 5.32 Å². The second-order valence-electron chi connectivity index (χ2n) is 3.64. The summed E-state index contributed by atoms with van der Waals surface area (Å²) < 4.78 is 1.98. The van der Waals surface area contributed by atoms with Crippen LogP contribution in [0.4, 0.5) is 0 Å². The van der Waals surface area contributed by atoms with E-state index in [1.54, 1.807) is 0 Å². The van der Waals surface area contributed by atoms with E-state index >= 15 is 0 Å². The predicted octanol–water partition coefficient (Wildman–Crippen LogP) is 0.625. The van der Waals surface area contributed by atoms with Crippen molar-refractivity contribution in [2.24, 2.45) is 0 Å². The summed E-state index contributed by atoms with van der Waals surface area (Å²) in [6, 6.07) is 10.4. The van der Waals surface area contributed by atoms with Crippen molar-refractivity contribution in [3.05, 3.63) is 53.9 Å². The van der Waals surface area contributed by atoms with Crippen molar-refractivity contribution in [1.29, 1.82) is 0 Å². The minimum atomic E-state index is 0.852. The van der Waals surface area contributed by atoms with Gasteiger partial charge in [-0.15, -0.1) is 0 Å². The van der Waals surface area contributed by atoms with Gasteiger partial charge in [-0.2, -0.15) is 5.10 Å². The van der Waals surface area contributed by atoms with Gasteiger partial charge in [-0.05, 0) is 5.56 Å². The number of nitrogens with zero attached hydrogens (tertiary/aromatic N) is 2. The van der Waals surface area contributed by atoms with E-state index in [1.165, 1.54) is 11.1 Å². The van der Waals surface area contributed by atoms with Gasteiger partial charge in [-0.3, -0.25) is 4.68 Å². The zero-order valence-corrected chi connectivity index (χ0v) is 8.93. The van der Waals surface area contributed by atoms with Gasteiger partial charge in [0.25, 0.3) is 0 Å². The molecule has 3 nitrogen and oxygen atoms in total. The average molecular weight is 202 g/mol. The molecule has 0 radical (unpaired) electrons. The number of hydrogen-bond donors (Lipinski definition) is 1. The van der Waals surface area contributed by atoms with Gasteiger partial charge in [0.15, 0.2) is 0 Å². The Morgan fingerprint density at radius 2 is 2.00 bits per heavy atom. The van der Waals surface area contributed by atoms with Crippen molar-refractivity contribution in [3.8, 4) is 0 Å². The summed E-state index contributed by atoms with van der Waals surface area (Å²) in [4.78, 5) is 0. The summed E-state index contributed by atoms with van der Waals surface area (Å²) in [7, 11) is 2.06. The Hall–Kier alpha value is -1.61. The van der Waals surface area contributed by atoms with Crippen LogP contribution in [0.5, 0.6) is 0 Å². The van der Waals surface area contributed by atoms with E-state index in [0.29, 0.717) is 0 Å². The van der Waals surface area contributed by atoms with E-state index in [2.05, 4.69) is 47.9 Å². The molecule has 2 N–H and O–H groups in total. The van der Waals surface area contributed by atoms with Crippen LogP contribution in [0.15, 0.2) is 42.7 Å². The van der Waals surface area contributed by atoms with Gasteiger partial charge >= 0.3 is 0 Å². The molecule has 3 heteroatoms. The van der Waals surface area contributed by atoms with Crippen LogP contribution in [-0.4, -0.2) is 16.8 Å². The molecule has 1 aromatic heterocycles. The maximum Gasteiger partial charge on any atom is 0.104 e. The first kappa shape index (κ1) is 9.93. The Kier molecular flexibility index (Phi) is 3.15. The third-order valence-corrected chi connectivity index (χ3v) is 2.31. The van der Waals surface area contributed by atoms with Crippen molar-refractivity contribution in [1.82, 2.24) is 9.78 Å². The average Bonchev–Trinajstić information content (AvgIpc) is 2.68. The number of hydrogen-bond acceptors (Lipinski definition) is 1. The summed E-state index contributed by atoms with van der Waals surface area (Å²) >= 11 is 0. The van der Waals surface area contributed by atoms with Crippen molar-refractivity contribution < 1.29 is 5.32 Å². The zero-order chi connectivity index (χ0) is 10.5. The van der Waals surface area contributed by atoms with Crippen LogP contribution in [0, 0.1) is 0 Å². The topological polar surface area (TPSA) is 34.4 Å². The highest BCUT2D eigenvalue weighted by atomic mass is 15.3. The van der Waals surface area contributed by atoms with Crippen LogP contribution in [-0.2, 0) is 13.1 Å². The van der Waals surface area contributed by atoms with E-state index in [9.17, 15) is 0 Å². The quantitative estimate of drug-likeness (QED) is 0.775. The monoisotopic (exact) mass is 202 g/mol. The lowest BCUT2D eigenvalue weighted by Crippen LogP contribution is -2.77. The SMILES string of the molecule is C[NH2+]Cc1cnn(Cc2ccccc2)c1. The Bertz CT molecular complexity index is 406. The zero-order valence-electron chi connectivity index (χ0n) is 8.93. The first-order valence-corrected chi connectivity index (χ1v) is 5.21. The lowest BCUT2D eigenvalue weighted by molar-refractivity contribution is -0.643. The molecule has 0 saturated heterocycles. The molecule has 0 amide bonds. The van der Waals surface area contributed by atoms with E-state index in [0.717, 1.165) is 13.1 Å². The molecule has 0 spiro atoms. The smallest absolute Gasteiger partial charge is 0.104 e. The molecule has 0 atom stereocenters. The van der Waals surface area contributed by atoms with Crippen LogP contribution in [0.3, 0.4) is 0 Å². The molecule has 1 heterocycles. The molecular formula is C12H16N3+. The maximum atomic E-state index is 4.33. The molecule has 0 fully saturated rings. The van der Waals surface area contributed by atoms with Crippen LogP contribution in [0.25, 0.3) is 0 Å². The second kappa shape index (κ2) is 4.75. The molecule has 0 aliphatic carbocycles. The molecule has 0 aliphatic heterocycles. The minimum absolute atomic E-state index is 0.852. The summed E-state index contributed by atoms with van der Waals surface area (Å²) in [5.41, 5.74) is 2.56. The fourth-order valence-corrected chi connectivity index (χ4v) is 1.60. The third-order valence-electron chi connectivity index (χ3n) is 2.31. The molecule has 78 valence electrons. The molecule has 0 aliphatic rings. The molecule has 2 rings (SSSR count). The number of benzene rings is 1. The minimum Gasteiger partial charge on any atom is -0.345 e. The Labute approximate surface area is 89.7 Å². The van der Waals surface area contributed by atoms with E-state index in [-0.39, 0.29) is 0 Å². The lowest BCUT2D eigenvalue weighted by atomic mass is 10.2. The van der Waals surface area contributed by atoms with Gasteiger partial charge in [-0.25, -0.2) is 0 Å². The van der Waals surface area contributed by atoms with Crippen LogP contribution in [0.2, 0.25) is 0 Å². The predicted molar refractivity (Wildman–Crippen MR) is 59.3 cm³/mol. The summed E-state index contributed by atoms with van der Waals surface area (Å²) in [5, 5.41) is 6.47. The van der Waals surface area contributed by atoms with Gasteiger partial charge in [0.2, 0.25) is 0 Å². The number of quaternary nitrogens is 1. The van der Waals surface area contributed by atoms with Crippen molar-refractivity contribution in [3.63, 3.8) is 0 Å². The van der Waals surface area contributed by atoms with Crippen LogP contribution >= 0.6 is 0 Å².